The zero-order valence-electron chi connectivity index (χ0n) is 10.2. The van der Waals surface area contributed by atoms with E-state index in [0.29, 0.717) is 12.1 Å². The van der Waals surface area contributed by atoms with E-state index in [9.17, 15) is 9.59 Å². The topological polar surface area (TPSA) is 59.2 Å². The van der Waals surface area contributed by atoms with Crippen molar-refractivity contribution in [3.05, 3.63) is 46.2 Å². The van der Waals surface area contributed by atoms with Crippen LogP contribution < -0.4 is 5.56 Å². The van der Waals surface area contributed by atoms with Crippen molar-refractivity contribution in [1.82, 2.24) is 4.98 Å². The molecule has 0 amide bonds. The van der Waals surface area contributed by atoms with Crippen molar-refractivity contribution in [2.24, 2.45) is 0 Å². The summed E-state index contributed by atoms with van der Waals surface area (Å²) in [6, 6.07) is 8.89. The Balaban J connectivity index is 2.30. The first kappa shape index (κ1) is 12.4. The zero-order valence-corrected chi connectivity index (χ0v) is 10.2. The molecule has 0 unspecified atom stereocenters. The molecule has 0 spiro atoms. The zero-order chi connectivity index (χ0) is 13.0. The van der Waals surface area contributed by atoms with Crippen molar-refractivity contribution in [1.29, 1.82) is 0 Å². The highest BCUT2D eigenvalue weighted by Gasteiger charge is 2.12. The maximum absolute atomic E-state index is 11.8. The number of para-hydroxylation sites is 1. The Morgan fingerprint density at radius 2 is 2.11 bits per heavy atom. The second kappa shape index (κ2) is 5.49. The third-order valence-corrected chi connectivity index (χ3v) is 2.70. The molecule has 0 bridgehead atoms. The van der Waals surface area contributed by atoms with Crippen LogP contribution in [0.5, 0.6) is 0 Å². The van der Waals surface area contributed by atoms with E-state index in [0.717, 1.165) is 18.2 Å². The third-order valence-electron chi connectivity index (χ3n) is 2.70. The summed E-state index contributed by atoms with van der Waals surface area (Å²) in [4.78, 5) is 26.2. The lowest BCUT2D eigenvalue weighted by molar-refractivity contribution is 0.0498. The van der Waals surface area contributed by atoms with Gasteiger partial charge in [0.25, 0.3) is 5.56 Å². The first-order chi connectivity index (χ1) is 8.72. The summed E-state index contributed by atoms with van der Waals surface area (Å²) in [6.45, 7) is 2.36. The molecule has 0 aliphatic carbocycles. The molecule has 4 nitrogen and oxygen atoms in total. The Bertz CT molecular complexity index is 616. The quantitative estimate of drug-likeness (QED) is 0.665. The van der Waals surface area contributed by atoms with Crippen molar-refractivity contribution in [3.8, 4) is 0 Å². The molecule has 2 rings (SSSR count). The van der Waals surface area contributed by atoms with Crippen molar-refractivity contribution < 1.29 is 9.53 Å². The van der Waals surface area contributed by atoms with Crippen LogP contribution in [0, 0.1) is 0 Å². The number of ether oxygens (including phenoxy) is 1. The fourth-order valence-electron chi connectivity index (χ4n) is 1.69. The average Bonchev–Trinajstić information content (AvgIpc) is 2.38. The first-order valence-electron chi connectivity index (χ1n) is 6.01. The first-order valence-corrected chi connectivity index (χ1v) is 6.01. The van der Waals surface area contributed by atoms with Gasteiger partial charge in [0.2, 0.25) is 0 Å². The summed E-state index contributed by atoms with van der Waals surface area (Å²) in [7, 11) is 0. The lowest BCUT2D eigenvalue weighted by Gasteiger charge is -2.04. The fraction of sp³-hybridized carbons (Fsp3) is 0.286. The molecule has 2 aromatic rings. The van der Waals surface area contributed by atoms with Gasteiger partial charge in [-0.25, -0.2) is 4.79 Å². The summed E-state index contributed by atoms with van der Waals surface area (Å²) < 4.78 is 5.04. The molecule has 1 aromatic heterocycles. The Labute approximate surface area is 105 Å². The number of carbonyl (C=O) groups is 1. The lowest BCUT2D eigenvalue weighted by atomic mass is 10.1. The molecule has 0 fully saturated rings. The van der Waals surface area contributed by atoms with Gasteiger partial charge in [-0.3, -0.25) is 4.79 Å². The number of H-pyrrole nitrogens is 1. The van der Waals surface area contributed by atoms with Gasteiger partial charge >= 0.3 is 5.97 Å². The van der Waals surface area contributed by atoms with Crippen LogP contribution in [0.2, 0.25) is 0 Å². The monoisotopic (exact) mass is 245 g/mol. The van der Waals surface area contributed by atoms with E-state index >= 15 is 0 Å². The molecule has 4 heteroatoms. The lowest BCUT2D eigenvalue weighted by Crippen LogP contribution is -2.19. The van der Waals surface area contributed by atoms with Crippen LogP contribution in [0.3, 0.4) is 0 Å². The summed E-state index contributed by atoms with van der Waals surface area (Å²) in [6.07, 6.45) is 1.75. The SMILES string of the molecule is CCCCOC(=O)c1cc2ccccc2[nH]c1=O. The normalized spacial score (nSPS) is 10.5. The number of fused-ring (bicyclic) bond motifs is 1. The molecular weight excluding hydrogens is 230 g/mol. The molecule has 0 radical (unpaired) electrons. The maximum Gasteiger partial charge on any atom is 0.343 e. The number of unbranched alkanes of at least 4 members (excludes halogenated alkanes) is 1. The highest BCUT2D eigenvalue weighted by atomic mass is 16.5. The van der Waals surface area contributed by atoms with Gasteiger partial charge in [-0.15, -0.1) is 0 Å². The van der Waals surface area contributed by atoms with Gasteiger partial charge in [0.1, 0.15) is 5.56 Å². The van der Waals surface area contributed by atoms with Crippen molar-refractivity contribution in [2.75, 3.05) is 6.61 Å². The molecule has 0 atom stereocenters. The van der Waals surface area contributed by atoms with Crippen LogP contribution in [-0.4, -0.2) is 17.6 Å². The third kappa shape index (κ3) is 2.59. The summed E-state index contributed by atoms with van der Waals surface area (Å²) in [5.74, 6) is -0.560. The van der Waals surface area contributed by atoms with E-state index in [1.54, 1.807) is 12.1 Å². The highest BCUT2D eigenvalue weighted by Crippen LogP contribution is 2.10. The number of pyridine rings is 1. The minimum Gasteiger partial charge on any atom is -0.462 e. The minimum absolute atomic E-state index is 0.0600. The maximum atomic E-state index is 11.8. The molecule has 1 N–H and O–H groups in total. The number of aromatic amines is 1. The molecule has 0 saturated carbocycles. The van der Waals surface area contributed by atoms with E-state index in [4.69, 9.17) is 4.74 Å². The molecule has 0 saturated heterocycles. The predicted octanol–water partition coefficient (Wildman–Crippen LogP) is 2.48. The van der Waals surface area contributed by atoms with Crippen LogP contribution in [0.4, 0.5) is 0 Å². The van der Waals surface area contributed by atoms with Crippen LogP contribution in [-0.2, 0) is 4.74 Å². The number of benzene rings is 1. The standard InChI is InChI=1S/C14H15NO3/c1-2-3-8-18-14(17)11-9-10-6-4-5-7-12(10)15-13(11)16/h4-7,9H,2-3,8H2,1H3,(H,15,16). The molecule has 94 valence electrons. The van der Waals surface area contributed by atoms with Gasteiger partial charge in [-0.1, -0.05) is 31.5 Å². The summed E-state index contributed by atoms with van der Waals surface area (Å²) >= 11 is 0. The van der Waals surface area contributed by atoms with E-state index in [-0.39, 0.29) is 5.56 Å². The van der Waals surface area contributed by atoms with Gasteiger partial charge in [0.05, 0.1) is 6.61 Å². The smallest absolute Gasteiger partial charge is 0.343 e. The van der Waals surface area contributed by atoms with Crippen molar-refractivity contribution >= 4 is 16.9 Å². The number of esters is 1. The van der Waals surface area contributed by atoms with Crippen LogP contribution in [0.1, 0.15) is 30.1 Å². The van der Waals surface area contributed by atoms with E-state index in [2.05, 4.69) is 4.98 Å². The number of aromatic nitrogens is 1. The Hall–Kier alpha value is -2.10. The number of rotatable bonds is 4. The number of hydrogen-bond donors (Lipinski definition) is 1. The summed E-state index contributed by atoms with van der Waals surface area (Å²) in [5, 5.41) is 0.819. The van der Waals surface area contributed by atoms with E-state index < -0.39 is 11.5 Å². The van der Waals surface area contributed by atoms with Crippen LogP contribution in [0.15, 0.2) is 35.1 Å². The Morgan fingerprint density at radius 1 is 1.33 bits per heavy atom. The average molecular weight is 245 g/mol. The van der Waals surface area contributed by atoms with Gasteiger partial charge in [-0.2, -0.15) is 0 Å². The van der Waals surface area contributed by atoms with Crippen LogP contribution in [0.25, 0.3) is 10.9 Å². The number of carbonyl (C=O) groups excluding carboxylic acids is 1. The van der Waals surface area contributed by atoms with Gasteiger partial charge in [0, 0.05) is 5.52 Å². The van der Waals surface area contributed by atoms with E-state index in [1.165, 1.54) is 0 Å². The van der Waals surface area contributed by atoms with Crippen molar-refractivity contribution in [3.63, 3.8) is 0 Å². The molecule has 18 heavy (non-hydrogen) atoms. The molecular formula is C14H15NO3. The Morgan fingerprint density at radius 3 is 2.89 bits per heavy atom. The molecule has 1 heterocycles. The molecule has 0 aliphatic rings. The molecule has 1 aromatic carbocycles. The van der Waals surface area contributed by atoms with Gasteiger partial charge < -0.3 is 9.72 Å². The van der Waals surface area contributed by atoms with Gasteiger partial charge in [-0.05, 0) is 23.9 Å². The Kier molecular flexibility index (Phi) is 3.77. The second-order valence-corrected chi connectivity index (χ2v) is 4.09. The van der Waals surface area contributed by atoms with Gasteiger partial charge in [0.15, 0.2) is 0 Å². The van der Waals surface area contributed by atoms with Crippen LogP contribution >= 0.6 is 0 Å². The predicted molar refractivity (Wildman–Crippen MR) is 69.8 cm³/mol. The second-order valence-electron chi connectivity index (χ2n) is 4.09. The minimum atomic E-state index is -0.560. The van der Waals surface area contributed by atoms with E-state index in [1.807, 2.05) is 25.1 Å². The number of hydrogen-bond acceptors (Lipinski definition) is 3. The van der Waals surface area contributed by atoms with Crippen molar-refractivity contribution in [2.45, 2.75) is 19.8 Å². The fourth-order valence-corrected chi connectivity index (χ4v) is 1.69. The summed E-state index contributed by atoms with van der Waals surface area (Å²) in [5.41, 5.74) is 0.368. The largest absolute Gasteiger partial charge is 0.462 e. The highest BCUT2D eigenvalue weighted by molar-refractivity contribution is 5.93. The number of nitrogens with one attached hydrogen (secondary N) is 1. The molecule has 0 aliphatic heterocycles.